The minimum Gasteiger partial charge on any atom is -0.497 e. The van der Waals surface area contributed by atoms with E-state index in [9.17, 15) is 9.18 Å². The third-order valence-corrected chi connectivity index (χ3v) is 3.28. The van der Waals surface area contributed by atoms with Crippen molar-refractivity contribution >= 4 is 22.8 Å². The molecule has 0 spiro atoms. The number of aromatic amines is 1. The van der Waals surface area contributed by atoms with Crippen molar-refractivity contribution in [3.63, 3.8) is 0 Å². The number of halogens is 1. The number of nitrogens with one attached hydrogen (secondary N) is 3. The van der Waals surface area contributed by atoms with Crippen LogP contribution in [0, 0.1) is 5.82 Å². The van der Waals surface area contributed by atoms with Gasteiger partial charge in [-0.15, -0.1) is 0 Å². The predicted molar refractivity (Wildman–Crippen MR) is 84.9 cm³/mol. The highest BCUT2D eigenvalue weighted by Gasteiger charge is 2.08. The molecule has 3 aromatic rings. The summed E-state index contributed by atoms with van der Waals surface area (Å²) in [4.78, 5) is 19.3. The highest BCUT2D eigenvalue weighted by molar-refractivity contribution is 5.89. The van der Waals surface area contributed by atoms with Crippen LogP contribution in [0.3, 0.4) is 0 Å². The predicted octanol–water partition coefficient (Wildman–Crippen LogP) is 3.03. The van der Waals surface area contributed by atoms with Crippen molar-refractivity contribution in [2.45, 2.75) is 6.54 Å². The number of fused-ring (bicyclic) bond motifs is 1. The number of carbonyl (C=O) groups is 1. The molecule has 0 aliphatic heterocycles. The molecule has 0 saturated heterocycles. The Morgan fingerprint density at radius 3 is 2.91 bits per heavy atom. The number of hydrogen-bond donors (Lipinski definition) is 3. The summed E-state index contributed by atoms with van der Waals surface area (Å²) in [6.45, 7) is 0.192. The van der Waals surface area contributed by atoms with Crippen molar-refractivity contribution in [3.05, 3.63) is 54.1 Å². The summed E-state index contributed by atoms with van der Waals surface area (Å²) < 4.78 is 18.6. The van der Waals surface area contributed by atoms with Gasteiger partial charge in [0.25, 0.3) is 0 Å². The lowest BCUT2D eigenvalue weighted by atomic mass is 10.3. The van der Waals surface area contributed by atoms with Crippen molar-refractivity contribution in [2.75, 3.05) is 12.4 Å². The summed E-state index contributed by atoms with van der Waals surface area (Å²) in [6.07, 6.45) is 0. The number of hydrogen-bond acceptors (Lipinski definition) is 3. The number of rotatable bonds is 4. The SMILES string of the molecule is COc1ccc2nc(CNC(=O)Nc3ccccc3F)[nH]c2c1. The highest BCUT2D eigenvalue weighted by Crippen LogP contribution is 2.18. The molecule has 0 fully saturated rings. The van der Waals surface area contributed by atoms with E-state index in [0.717, 1.165) is 16.8 Å². The molecule has 7 heteroatoms. The average Bonchev–Trinajstić information content (AvgIpc) is 2.97. The van der Waals surface area contributed by atoms with Crippen LogP contribution in [0.4, 0.5) is 14.9 Å². The fourth-order valence-electron chi connectivity index (χ4n) is 2.15. The molecule has 0 saturated carbocycles. The molecule has 0 unspecified atom stereocenters. The number of H-pyrrole nitrogens is 1. The number of nitrogens with zero attached hydrogens (tertiary/aromatic N) is 1. The first-order chi connectivity index (χ1) is 11.2. The number of methoxy groups -OCH3 is 1. The van der Waals surface area contributed by atoms with Gasteiger partial charge in [-0.25, -0.2) is 14.2 Å². The van der Waals surface area contributed by atoms with E-state index < -0.39 is 11.8 Å². The zero-order valence-electron chi connectivity index (χ0n) is 12.4. The highest BCUT2D eigenvalue weighted by atomic mass is 19.1. The Labute approximate surface area is 131 Å². The van der Waals surface area contributed by atoms with Crippen molar-refractivity contribution < 1.29 is 13.9 Å². The van der Waals surface area contributed by atoms with Crippen LogP contribution in [0.15, 0.2) is 42.5 Å². The average molecular weight is 314 g/mol. The van der Waals surface area contributed by atoms with E-state index in [1.807, 2.05) is 18.2 Å². The summed E-state index contributed by atoms with van der Waals surface area (Å²) in [5, 5.41) is 5.07. The summed E-state index contributed by atoms with van der Waals surface area (Å²) in [5.41, 5.74) is 1.71. The van der Waals surface area contributed by atoms with Crippen LogP contribution < -0.4 is 15.4 Å². The Hall–Kier alpha value is -3.09. The zero-order chi connectivity index (χ0) is 16.2. The number of para-hydroxylation sites is 1. The van der Waals surface area contributed by atoms with Gasteiger partial charge in [0, 0.05) is 6.07 Å². The van der Waals surface area contributed by atoms with Gasteiger partial charge in [-0.2, -0.15) is 0 Å². The van der Waals surface area contributed by atoms with Crippen LogP contribution in [0.5, 0.6) is 5.75 Å². The summed E-state index contributed by atoms with van der Waals surface area (Å²) in [7, 11) is 1.59. The number of aromatic nitrogens is 2. The van der Waals surface area contributed by atoms with E-state index in [4.69, 9.17) is 4.74 Å². The topological polar surface area (TPSA) is 79.0 Å². The Kier molecular flexibility index (Phi) is 4.09. The third-order valence-electron chi connectivity index (χ3n) is 3.28. The second kappa shape index (κ2) is 6.35. The van der Waals surface area contributed by atoms with Crippen molar-refractivity contribution in [1.82, 2.24) is 15.3 Å². The molecule has 0 atom stereocenters. The Bertz CT molecular complexity index is 847. The Balaban J connectivity index is 1.64. The molecule has 3 N–H and O–H groups in total. The smallest absolute Gasteiger partial charge is 0.319 e. The largest absolute Gasteiger partial charge is 0.497 e. The van der Waals surface area contributed by atoms with Gasteiger partial charge in [0.2, 0.25) is 0 Å². The monoisotopic (exact) mass is 314 g/mol. The molecule has 118 valence electrons. The molecular formula is C16H15FN4O2. The molecule has 23 heavy (non-hydrogen) atoms. The van der Waals surface area contributed by atoms with Crippen LogP contribution in [0.2, 0.25) is 0 Å². The van der Waals surface area contributed by atoms with E-state index in [0.29, 0.717) is 5.82 Å². The van der Waals surface area contributed by atoms with Crippen LogP contribution >= 0.6 is 0 Å². The number of amides is 2. The number of anilines is 1. The first-order valence-corrected chi connectivity index (χ1v) is 6.98. The fraction of sp³-hybridized carbons (Fsp3) is 0.125. The van der Waals surface area contributed by atoms with Gasteiger partial charge in [-0.05, 0) is 24.3 Å². The van der Waals surface area contributed by atoms with E-state index in [1.54, 1.807) is 19.2 Å². The van der Waals surface area contributed by atoms with E-state index in [-0.39, 0.29) is 12.2 Å². The van der Waals surface area contributed by atoms with Gasteiger partial charge in [0.15, 0.2) is 0 Å². The van der Waals surface area contributed by atoms with Crippen molar-refractivity contribution in [1.29, 1.82) is 0 Å². The molecule has 2 aromatic carbocycles. The molecule has 0 aliphatic carbocycles. The summed E-state index contributed by atoms with van der Waals surface area (Å²) >= 11 is 0. The second-order valence-corrected chi connectivity index (χ2v) is 4.85. The minimum atomic E-state index is -0.506. The second-order valence-electron chi connectivity index (χ2n) is 4.85. The van der Waals surface area contributed by atoms with Gasteiger partial charge < -0.3 is 20.4 Å². The van der Waals surface area contributed by atoms with Gasteiger partial charge in [0.1, 0.15) is 17.4 Å². The quantitative estimate of drug-likeness (QED) is 0.692. The van der Waals surface area contributed by atoms with Crippen molar-refractivity contribution in [3.8, 4) is 5.75 Å². The standard InChI is InChI=1S/C16H15FN4O2/c1-23-10-6-7-13-14(8-10)20-15(19-13)9-18-16(22)21-12-5-3-2-4-11(12)17/h2-8H,9H2,1H3,(H,19,20)(H2,18,21,22). The molecule has 3 rings (SSSR count). The van der Waals surface area contributed by atoms with Gasteiger partial charge in [-0.3, -0.25) is 0 Å². The maximum Gasteiger partial charge on any atom is 0.319 e. The molecule has 0 radical (unpaired) electrons. The van der Waals surface area contributed by atoms with E-state index >= 15 is 0 Å². The lowest BCUT2D eigenvalue weighted by Gasteiger charge is -2.06. The normalized spacial score (nSPS) is 10.5. The molecule has 1 aromatic heterocycles. The molecular weight excluding hydrogens is 299 g/mol. The summed E-state index contributed by atoms with van der Waals surface area (Å²) in [5.74, 6) is 0.827. The van der Waals surface area contributed by atoms with Gasteiger partial charge >= 0.3 is 6.03 Å². The van der Waals surface area contributed by atoms with Crippen LogP contribution in [0.25, 0.3) is 11.0 Å². The number of urea groups is 1. The number of ether oxygens (including phenoxy) is 1. The molecule has 0 aliphatic rings. The Morgan fingerprint density at radius 2 is 2.13 bits per heavy atom. The first kappa shape index (κ1) is 14.8. The number of benzene rings is 2. The fourth-order valence-corrected chi connectivity index (χ4v) is 2.15. The number of carbonyl (C=O) groups excluding carboxylic acids is 1. The number of imidazole rings is 1. The van der Waals surface area contributed by atoms with Crippen LogP contribution in [-0.2, 0) is 6.54 Å². The van der Waals surface area contributed by atoms with Crippen LogP contribution in [0.1, 0.15) is 5.82 Å². The van der Waals surface area contributed by atoms with Crippen LogP contribution in [-0.4, -0.2) is 23.1 Å². The lowest BCUT2D eigenvalue weighted by Crippen LogP contribution is -2.28. The Morgan fingerprint density at radius 1 is 1.30 bits per heavy atom. The lowest BCUT2D eigenvalue weighted by molar-refractivity contribution is 0.251. The molecule has 1 heterocycles. The van der Waals surface area contributed by atoms with Crippen molar-refractivity contribution in [2.24, 2.45) is 0 Å². The third kappa shape index (κ3) is 3.39. The zero-order valence-corrected chi connectivity index (χ0v) is 12.4. The first-order valence-electron chi connectivity index (χ1n) is 6.98. The van der Waals surface area contributed by atoms with E-state index in [2.05, 4.69) is 20.6 Å². The maximum absolute atomic E-state index is 13.5. The molecule has 0 bridgehead atoms. The van der Waals surface area contributed by atoms with E-state index in [1.165, 1.54) is 12.1 Å². The minimum absolute atomic E-state index is 0.124. The van der Waals surface area contributed by atoms with Gasteiger partial charge in [-0.1, -0.05) is 12.1 Å². The van der Waals surface area contributed by atoms with Gasteiger partial charge in [0.05, 0.1) is 30.4 Å². The molecule has 2 amide bonds. The molecule has 6 nitrogen and oxygen atoms in total. The maximum atomic E-state index is 13.5. The summed E-state index contributed by atoms with van der Waals surface area (Å²) in [6, 6.07) is 10.9.